The van der Waals surface area contributed by atoms with Crippen molar-refractivity contribution in [3.8, 4) is 0 Å². The molecule has 0 radical (unpaired) electrons. The summed E-state index contributed by atoms with van der Waals surface area (Å²) in [5, 5.41) is 2.88. The number of likely N-dealkylation sites (tertiary alicyclic amines) is 1. The number of nitrogens with zero attached hydrogens (tertiary/aromatic N) is 1. The van der Waals surface area contributed by atoms with Crippen molar-refractivity contribution >= 4 is 17.5 Å². The zero-order valence-corrected chi connectivity index (χ0v) is 14.8. The van der Waals surface area contributed by atoms with Crippen molar-refractivity contribution in [2.75, 3.05) is 11.9 Å². The Bertz CT molecular complexity index is 768. The van der Waals surface area contributed by atoms with Gasteiger partial charge >= 0.3 is 0 Å². The Morgan fingerprint density at radius 3 is 2.48 bits per heavy atom. The number of carbonyl (C=O) groups excluding carboxylic acids is 2. The second-order valence-corrected chi connectivity index (χ2v) is 6.74. The molecule has 0 aliphatic carbocycles. The van der Waals surface area contributed by atoms with Crippen LogP contribution in [0.2, 0.25) is 0 Å². The largest absolute Gasteiger partial charge is 0.336 e. The predicted octanol–water partition coefficient (Wildman–Crippen LogP) is 4.26. The normalized spacial score (nSPS) is 17.2. The van der Waals surface area contributed by atoms with E-state index in [4.69, 9.17) is 0 Å². The molecule has 2 aromatic carbocycles. The number of hydrogen-bond donors (Lipinski definition) is 1. The number of hydrogen-bond acceptors (Lipinski definition) is 2. The molecule has 2 amide bonds. The Balaban J connectivity index is 1.67. The molecule has 4 nitrogen and oxygen atoms in total. The quantitative estimate of drug-likeness (QED) is 0.910. The highest BCUT2D eigenvalue weighted by Gasteiger charge is 2.24. The van der Waals surface area contributed by atoms with Gasteiger partial charge in [0.15, 0.2) is 0 Å². The number of benzene rings is 2. The smallest absolute Gasteiger partial charge is 0.255 e. The predicted molar refractivity (Wildman–Crippen MR) is 99.9 cm³/mol. The Morgan fingerprint density at radius 2 is 1.80 bits per heavy atom. The van der Waals surface area contributed by atoms with Crippen molar-refractivity contribution in [1.82, 2.24) is 4.90 Å². The summed E-state index contributed by atoms with van der Waals surface area (Å²) in [6.45, 7) is 4.89. The number of rotatable bonds is 3. The van der Waals surface area contributed by atoms with Crippen LogP contribution in [0.25, 0.3) is 0 Å². The maximum absolute atomic E-state index is 12.6. The number of aryl methyl sites for hydroxylation is 1. The molecular weight excluding hydrogens is 312 g/mol. The van der Waals surface area contributed by atoms with Gasteiger partial charge in [0.2, 0.25) is 0 Å². The van der Waals surface area contributed by atoms with Gasteiger partial charge in [0.1, 0.15) is 0 Å². The minimum atomic E-state index is -0.146. The van der Waals surface area contributed by atoms with Gasteiger partial charge < -0.3 is 10.2 Å². The molecule has 1 N–H and O–H groups in total. The standard InChI is InChI=1S/C21H24N2O2/c1-15-6-5-8-18(14-15)20(24)22-19-11-9-17(10-12-19)21(25)23-13-4-3-7-16(23)2/h5-6,8-12,14,16H,3-4,7,13H2,1-2H3,(H,22,24). The molecule has 0 spiro atoms. The summed E-state index contributed by atoms with van der Waals surface area (Å²) in [5.41, 5.74) is 3.03. The van der Waals surface area contributed by atoms with Crippen molar-refractivity contribution in [3.05, 3.63) is 65.2 Å². The van der Waals surface area contributed by atoms with E-state index >= 15 is 0 Å². The maximum Gasteiger partial charge on any atom is 0.255 e. The first-order valence-corrected chi connectivity index (χ1v) is 8.83. The van der Waals surface area contributed by atoms with E-state index in [0.717, 1.165) is 24.9 Å². The van der Waals surface area contributed by atoms with Crippen molar-refractivity contribution in [2.45, 2.75) is 39.2 Å². The van der Waals surface area contributed by atoms with Crippen molar-refractivity contribution in [3.63, 3.8) is 0 Å². The number of nitrogens with one attached hydrogen (secondary N) is 1. The lowest BCUT2D eigenvalue weighted by Crippen LogP contribution is -2.42. The summed E-state index contributed by atoms with van der Waals surface area (Å²) in [6.07, 6.45) is 3.33. The van der Waals surface area contributed by atoms with E-state index in [9.17, 15) is 9.59 Å². The molecule has 1 aliphatic rings. The molecule has 130 valence electrons. The Morgan fingerprint density at radius 1 is 1.04 bits per heavy atom. The van der Waals surface area contributed by atoms with E-state index in [2.05, 4.69) is 12.2 Å². The summed E-state index contributed by atoms with van der Waals surface area (Å²) < 4.78 is 0. The molecule has 1 atom stereocenters. The summed E-state index contributed by atoms with van der Waals surface area (Å²) in [5.74, 6) is -0.0730. The van der Waals surface area contributed by atoms with Crippen LogP contribution in [-0.2, 0) is 0 Å². The van der Waals surface area contributed by atoms with Crippen LogP contribution in [0.3, 0.4) is 0 Å². The molecule has 0 aromatic heterocycles. The summed E-state index contributed by atoms with van der Waals surface area (Å²) in [7, 11) is 0. The molecular formula is C21H24N2O2. The molecule has 1 aliphatic heterocycles. The fourth-order valence-corrected chi connectivity index (χ4v) is 3.25. The van der Waals surface area contributed by atoms with Crippen LogP contribution in [0.4, 0.5) is 5.69 Å². The highest BCUT2D eigenvalue weighted by molar-refractivity contribution is 6.04. The summed E-state index contributed by atoms with van der Waals surface area (Å²) in [6, 6.07) is 14.9. The Kier molecular flexibility index (Phi) is 5.17. The van der Waals surface area contributed by atoms with E-state index in [-0.39, 0.29) is 11.8 Å². The molecule has 1 saturated heterocycles. The van der Waals surface area contributed by atoms with Crippen LogP contribution in [0, 0.1) is 6.92 Å². The van der Waals surface area contributed by atoms with E-state index < -0.39 is 0 Å². The van der Waals surface area contributed by atoms with Crippen molar-refractivity contribution in [1.29, 1.82) is 0 Å². The second-order valence-electron chi connectivity index (χ2n) is 6.74. The molecule has 0 bridgehead atoms. The van der Waals surface area contributed by atoms with Crippen molar-refractivity contribution < 1.29 is 9.59 Å². The highest BCUT2D eigenvalue weighted by atomic mass is 16.2. The first-order chi connectivity index (χ1) is 12.0. The topological polar surface area (TPSA) is 49.4 Å². The van der Waals surface area contributed by atoms with Crippen LogP contribution in [0.15, 0.2) is 48.5 Å². The fraction of sp³-hybridized carbons (Fsp3) is 0.333. The molecule has 0 saturated carbocycles. The monoisotopic (exact) mass is 336 g/mol. The average molecular weight is 336 g/mol. The Labute approximate surface area is 148 Å². The van der Waals surface area contributed by atoms with Crippen LogP contribution < -0.4 is 5.32 Å². The van der Waals surface area contributed by atoms with Crippen LogP contribution in [0.5, 0.6) is 0 Å². The van der Waals surface area contributed by atoms with E-state index in [0.29, 0.717) is 22.9 Å². The average Bonchev–Trinajstić information content (AvgIpc) is 2.62. The SMILES string of the molecule is Cc1cccc(C(=O)Nc2ccc(C(=O)N3CCCCC3C)cc2)c1. The minimum Gasteiger partial charge on any atom is -0.336 e. The van der Waals surface area contributed by atoms with Gasteiger partial charge in [-0.25, -0.2) is 0 Å². The lowest BCUT2D eigenvalue weighted by molar-refractivity contribution is 0.0635. The number of carbonyl (C=O) groups is 2. The molecule has 3 rings (SSSR count). The number of piperidine rings is 1. The zero-order valence-electron chi connectivity index (χ0n) is 14.8. The highest BCUT2D eigenvalue weighted by Crippen LogP contribution is 2.20. The van der Waals surface area contributed by atoms with Gasteiger partial charge in [0.05, 0.1) is 0 Å². The van der Waals surface area contributed by atoms with Crippen LogP contribution >= 0.6 is 0 Å². The third kappa shape index (κ3) is 4.08. The second kappa shape index (κ2) is 7.51. The third-order valence-corrected chi connectivity index (χ3v) is 4.73. The van der Waals surface area contributed by atoms with Gasteiger partial charge in [-0.15, -0.1) is 0 Å². The van der Waals surface area contributed by atoms with Gasteiger partial charge in [-0.3, -0.25) is 9.59 Å². The maximum atomic E-state index is 12.6. The van der Waals surface area contributed by atoms with Crippen LogP contribution in [-0.4, -0.2) is 29.3 Å². The lowest BCUT2D eigenvalue weighted by atomic mass is 10.0. The molecule has 2 aromatic rings. The first-order valence-electron chi connectivity index (χ1n) is 8.83. The molecule has 1 heterocycles. The fourth-order valence-electron chi connectivity index (χ4n) is 3.25. The van der Waals surface area contributed by atoms with Crippen molar-refractivity contribution in [2.24, 2.45) is 0 Å². The van der Waals surface area contributed by atoms with E-state index in [1.54, 1.807) is 30.3 Å². The molecule has 1 fully saturated rings. The van der Waals surface area contributed by atoms with Crippen LogP contribution in [0.1, 0.15) is 52.5 Å². The lowest BCUT2D eigenvalue weighted by Gasteiger charge is -2.33. The van der Waals surface area contributed by atoms with Gasteiger partial charge in [-0.05, 0) is 69.5 Å². The number of anilines is 1. The van der Waals surface area contributed by atoms with Gasteiger partial charge in [0, 0.05) is 29.4 Å². The zero-order chi connectivity index (χ0) is 17.8. The summed E-state index contributed by atoms with van der Waals surface area (Å²) >= 11 is 0. The van der Waals surface area contributed by atoms with Gasteiger partial charge in [-0.1, -0.05) is 17.7 Å². The molecule has 1 unspecified atom stereocenters. The molecule has 25 heavy (non-hydrogen) atoms. The van der Waals surface area contributed by atoms with Gasteiger partial charge in [-0.2, -0.15) is 0 Å². The van der Waals surface area contributed by atoms with E-state index in [1.165, 1.54) is 6.42 Å². The van der Waals surface area contributed by atoms with E-state index in [1.807, 2.05) is 30.0 Å². The number of amides is 2. The first kappa shape index (κ1) is 17.2. The summed E-state index contributed by atoms with van der Waals surface area (Å²) in [4.78, 5) is 26.9. The minimum absolute atomic E-state index is 0.0729. The Hall–Kier alpha value is -2.62. The molecule has 4 heteroatoms. The van der Waals surface area contributed by atoms with Gasteiger partial charge in [0.25, 0.3) is 11.8 Å². The third-order valence-electron chi connectivity index (χ3n) is 4.73.